The Labute approximate surface area is 216 Å². The first-order valence-corrected chi connectivity index (χ1v) is 13.3. The predicted molar refractivity (Wildman–Crippen MR) is 142 cm³/mol. The molecule has 0 fully saturated rings. The number of hydrogen-bond acceptors (Lipinski definition) is 7. The molecule has 36 heavy (non-hydrogen) atoms. The molecule has 0 aliphatic rings. The zero-order valence-corrected chi connectivity index (χ0v) is 22.6. The molecule has 2 N–H and O–H groups in total. The maximum Gasteiger partial charge on any atom is 0.322 e. The highest BCUT2D eigenvalue weighted by Crippen LogP contribution is 2.33. The summed E-state index contributed by atoms with van der Waals surface area (Å²) in [5, 5.41) is 15.4. The molecule has 3 rings (SSSR count). The Bertz CT molecular complexity index is 1200. The van der Waals surface area contributed by atoms with Gasteiger partial charge in [-0.2, -0.15) is 4.98 Å². The van der Waals surface area contributed by atoms with Crippen molar-refractivity contribution in [3.8, 4) is 22.2 Å². The van der Waals surface area contributed by atoms with Crippen LogP contribution >= 0.6 is 11.3 Å². The molecule has 9 heteroatoms. The summed E-state index contributed by atoms with van der Waals surface area (Å²) in [6, 6.07) is 6.20. The van der Waals surface area contributed by atoms with E-state index >= 15 is 0 Å². The van der Waals surface area contributed by atoms with Crippen molar-refractivity contribution in [1.29, 1.82) is 0 Å². The molecule has 0 unspecified atom stereocenters. The van der Waals surface area contributed by atoms with Crippen LogP contribution in [0.3, 0.4) is 0 Å². The number of amides is 1. The summed E-state index contributed by atoms with van der Waals surface area (Å²) in [5.41, 5.74) is 5.39. The molecule has 0 saturated heterocycles. The number of carboxylic acid groups (broad SMARTS) is 1. The number of hydrogen-bond donors (Lipinski definition) is 2. The standard InChI is InChI=1S/C27H36N4O4S/c1-6-11-31(8-3)16-23-18(5)13-22(36-23)27-29-26(30-35-27)20-12-17(4)21(19(7-2)14-20)9-10-24(32)28-15-25(33)34/h12-14H,6-11,15-16H2,1-5H3,(H,28,32)(H,33,34). The maximum atomic E-state index is 12.0. The Morgan fingerprint density at radius 1 is 1.14 bits per heavy atom. The van der Waals surface area contributed by atoms with Gasteiger partial charge in [-0.15, -0.1) is 11.3 Å². The number of benzene rings is 1. The molecular formula is C27H36N4O4S. The molecule has 0 aliphatic carbocycles. The number of rotatable bonds is 13. The molecule has 0 saturated carbocycles. The van der Waals surface area contributed by atoms with E-state index in [1.807, 2.05) is 13.0 Å². The molecule has 8 nitrogen and oxygen atoms in total. The van der Waals surface area contributed by atoms with Crippen molar-refractivity contribution in [2.24, 2.45) is 0 Å². The lowest BCUT2D eigenvalue weighted by molar-refractivity contribution is -0.137. The zero-order chi connectivity index (χ0) is 26.2. The number of aromatic nitrogens is 2. The molecule has 2 aromatic heterocycles. The zero-order valence-electron chi connectivity index (χ0n) is 21.8. The number of aryl methyl sites for hydroxylation is 3. The monoisotopic (exact) mass is 512 g/mol. The summed E-state index contributed by atoms with van der Waals surface area (Å²) in [5.74, 6) is -0.251. The predicted octanol–water partition coefficient (Wildman–Crippen LogP) is 5.01. The summed E-state index contributed by atoms with van der Waals surface area (Å²) in [7, 11) is 0. The highest BCUT2D eigenvalue weighted by molar-refractivity contribution is 7.15. The van der Waals surface area contributed by atoms with Crippen molar-refractivity contribution in [3.05, 3.63) is 45.3 Å². The smallest absolute Gasteiger partial charge is 0.322 e. The van der Waals surface area contributed by atoms with Crippen LogP contribution in [0.2, 0.25) is 0 Å². The van der Waals surface area contributed by atoms with Crippen molar-refractivity contribution in [2.45, 2.75) is 66.8 Å². The van der Waals surface area contributed by atoms with Gasteiger partial charge in [0.25, 0.3) is 5.89 Å². The van der Waals surface area contributed by atoms with Gasteiger partial charge >= 0.3 is 5.97 Å². The molecule has 0 spiro atoms. The highest BCUT2D eigenvalue weighted by Gasteiger charge is 2.18. The van der Waals surface area contributed by atoms with Crippen LogP contribution in [-0.4, -0.2) is 51.7 Å². The van der Waals surface area contributed by atoms with Crippen LogP contribution in [-0.2, 0) is 29.0 Å². The van der Waals surface area contributed by atoms with Gasteiger partial charge in [0.1, 0.15) is 6.54 Å². The number of carbonyl (C=O) groups excluding carboxylic acids is 1. The van der Waals surface area contributed by atoms with E-state index in [0.29, 0.717) is 18.1 Å². The summed E-state index contributed by atoms with van der Waals surface area (Å²) in [6.07, 6.45) is 2.71. The topological polar surface area (TPSA) is 109 Å². The molecule has 0 radical (unpaired) electrons. The van der Waals surface area contributed by atoms with E-state index in [1.54, 1.807) is 11.3 Å². The van der Waals surface area contributed by atoms with Crippen molar-refractivity contribution in [2.75, 3.05) is 19.6 Å². The number of aliphatic carboxylic acids is 1. The lowest BCUT2D eigenvalue weighted by Crippen LogP contribution is -2.29. The van der Waals surface area contributed by atoms with E-state index < -0.39 is 5.97 Å². The third kappa shape index (κ3) is 7.01. The van der Waals surface area contributed by atoms with Gasteiger partial charge in [0, 0.05) is 23.4 Å². The van der Waals surface area contributed by atoms with Crippen molar-refractivity contribution >= 4 is 23.2 Å². The molecule has 1 aromatic carbocycles. The number of carboxylic acids is 1. The van der Waals surface area contributed by atoms with Gasteiger partial charge in [-0.1, -0.05) is 25.9 Å². The van der Waals surface area contributed by atoms with Crippen molar-refractivity contribution < 1.29 is 19.2 Å². The van der Waals surface area contributed by atoms with Crippen LogP contribution in [0.4, 0.5) is 0 Å². The minimum Gasteiger partial charge on any atom is -0.480 e. The van der Waals surface area contributed by atoms with E-state index in [-0.39, 0.29) is 18.9 Å². The second-order valence-corrected chi connectivity index (χ2v) is 10.1. The molecular weight excluding hydrogens is 476 g/mol. The molecule has 0 bridgehead atoms. The maximum absolute atomic E-state index is 12.0. The van der Waals surface area contributed by atoms with Gasteiger partial charge in [0.2, 0.25) is 11.7 Å². The molecule has 1 amide bonds. The van der Waals surface area contributed by atoms with Gasteiger partial charge in [-0.3, -0.25) is 14.5 Å². The molecule has 2 heterocycles. The Morgan fingerprint density at radius 3 is 2.58 bits per heavy atom. The Hall–Kier alpha value is -3.04. The fraction of sp³-hybridized carbons (Fsp3) is 0.481. The van der Waals surface area contributed by atoms with Gasteiger partial charge in [0.15, 0.2) is 0 Å². The fourth-order valence-corrected chi connectivity index (χ4v) is 5.42. The SMILES string of the molecule is CCCN(CC)Cc1sc(-c2nc(-c3cc(C)c(CCC(=O)NCC(=O)O)c(CC)c3)no2)cc1C. The van der Waals surface area contributed by atoms with Crippen LogP contribution in [0.15, 0.2) is 22.7 Å². The van der Waals surface area contributed by atoms with E-state index in [2.05, 4.69) is 55.2 Å². The summed E-state index contributed by atoms with van der Waals surface area (Å²) < 4.78 is 5.66. The number of thiophene rings is 1. The van der Waals surface area contributed by atoms with Gasteiger partial charge in [0.05, 0.1) is 4.88 Å². The largest absolute Gasteiger partial charge is 0.480 e. The third-order valence-electron chi connectivity index (χ3n) is 6.25. The van der Waals surface area contributed by atoms with Crippen LogP contribution in [0.1, 0.15) is 60.7 Å². The van der Waals surface area contributed by atoms with Crippen LogP contribution in [0.5, 0.6) is 0 Å². The first-order chi connectivity index (χ1) is 17.2. The van der Waals surface area contributed by atoms with Crippen LogP contribution < -0.4 is 5.32 Å². The van der Waals surface area contributed by atoms with Crippen molar-refractivity contribution in [3.63, 3.8) is 0 Å². The van der Waals surface area contributed by atoms with Crippen molar-refractivity contribution in [1.82, 2.24) is 20.4 Å². The van der Waals surface area contributed by atoms with Gasteiger partial charge < -0.3 is 14.9 Å². The second-order valence-electron chi connectivity index (χ2n) is 8.96. The average molecular weight is 513 g/mol. The first-order valence-electron chi connectivity index (χ1n) is 12.5. The molecule has 3 aromatic rings. The second kappa shape index (κ2) is 12.8. The lowest BCUT2D eigenvalue weighted by atomic mass is 9.93. The minimum atomic E-state index is -1.05. The van der Waals surface area contributed by atoms with E-state index in [4.69, 9.17) is 14.6 Å². The Balaban J connectivity index is 1.77. The van der Waals surface area contributed by atoms with E-state index in [0.717, 1.165) is 59.6 Å². The fourth-order valence-electron chi connectivity index (χ4n) is 4.28. The normalized spacial score (nSPS) is 11.3. The number of nitrogens with one attached hydrogen (secondary N) is 1. The molecule has 194 valence electrons. The Morgan fingerprint density at radius 2 is 1.92 bits per heavy atom. The molecule has 0 aliphatic heterocycles. The summed E-state index contributed by atoms with van der Waals surface area (Å²) in [6.45, 7) is 13.3. The van der Waals surface area contributed by atoms with Crippen LogP contribution in [0, 0.1) is 13.8 Å². The van der Waals surface area contributed by atoms with E-state index in [9.17, 15) is 9.59 Å². The summed E-state index contributed by atoms with van der Waals surface area (Å²) in [4.78, 5) is 32.1. The molecule has 0 atom stereocenters. The summed E-state index contributed by atoms with van der Waals surface area (Å²) >= 11 is 1.71. The quantitative estimate of drug-likeness (QED) is 0.331. The highest BCUT2D eigenvalue weighted by atomic mass is 32.1. The third-order valence-corrected chi connectivity index (χ3v) is 7.46. The van der Waals surface area contributed by atoms with E-state index in [1.165, 1.54) is 10.4 Å². The average Bonchev–Trinajstić information content (AvgIpc) is 3.48. The van der Waals surface area contributed by atoms with Gasteiger partial charge in [-0.25, -0.2) is 0 Å². The number of nitrogens with zero attached hydrogens (tertiary/aromatic N) is 3. The number of carbonyl (C=O) groups is 2. The lowest BCUT2D eigenvalue weighted by Gasteiger charge is -2.18. The first kappa shape index (κ1) is 27.5. The Kier molecular flexibility index (Phi) is 9.78. The van der Waals surface area contributed by atoms with Gasteiger partial charge in [-0.05, 0) is 86.7 Å². The minimum absolute atomic E-state index is 0.237. The van der Waals surface area contributed by atoms with Crippen LogP contribution in [0.25, 0.3) is 22.2 Å².